The van der Waals surface area contributed by atoms with Crippen molar-refractivity contribution in [2.75, 3.05) is 0 Å². The third-order valence-corrected chi connectivity index (χ3v) is 3.51. The van der Waals surface area contributed by atoms with E-state index in [0.717, 1.165) is 5.69 Å². The van der Waals surface area contributed by atoms with Gasteiger partial charge in [0.2, 0.25) is 0 Å². The average Bonchev–Trinajstić information content (AvgIpc) is 2.78. The summed E-state index contributed by atoms with van der Waals surface area (Å²) >= 11 is 0. The zero-order valence-electron chi connectivity index (χ0n) is 11.3. The first-order valence-electron chi connectivity index (χ1n) is 6.03. The lowest BCUT2D eigenvalue weighted by Crippen LogP contribution is -2.38. The fourth-order valence-electron chi connectivity index (χ4n) is 1.71. The molecule has 0 fully saturated rings. The predicted octanol–water partition coefficient (Wildman–Crippen LogP) is 2.52. The maximum absolute atomic E-state index is 10.8. The van der Waals surface area contributed by atoms with Crippen molar-refractivity contribution in [3.05, 3.63) is 42.2 Å². The molecule has 0 aliphatic heterocycles. The Morgan fingerprint density at radius 2 is 1.67 bits per heavy atom. The molecule has 0 saturated heterocycles. The molecule has 0 aliphatic rings. The molecule has 1 heterocycles. The Morgan fingerprint density at radius 3 is 2.22 bits per heavy atom. The maximum Gasteiger partial charge on any atom is 0.110 e. The number of para-hydroxylation sites is 1. The normalized spacial score (nSPS) is 15.4. The zero-order chi connectivity index (χ0) is 13.4. The lowest BCUT2D eigenvalue weighted by atomic mass is 9.76. The first-order chi connectivity index (χ1) is 8.34. The van der Waals surface area contributed by atoms with E-state index < -0.39 is 5.60 Å². The lowest BCUT2D eigenvalue weighted by Gasteiger charge is -2.36. The third kappa shape index (κ3) is 2.04. The van der Waals surface area contributed by atoms with Crippen LogP contribution >= 0.6 is 0 Å². The highest BCUT2D eigenvalue weighted by atomic mass is 16.3. The SMILES string of the molecule is CC(C)(C)C(C)(O)c1cnnn1-c1ccccc1. The monoisotopic (exact) mass is 245 g/mol. The van der Waals surface area contributed by atoms with E-state index in [1.54, 1.807) is 17.8 Å². The molecule has 1 atom stereocenters. The summed E-state index contributed by atoms with van der Waals surface area (Å²) in [5, 5.41) is 18.8. The van der Waals surface area contributed by atoms with Crippen LogP contribution in [0.1, 0.15) is 33.4 Å². The van der Waals surface area contributed by atoms with Gasteiger partial charge in [-0.2, -0.15) is 0 Å². The van der Waals surface area contributed by atoms with Crippen LogP contribution in [0.5, 0.6) is 0 Å². The van der Waals surface area contributed by atoms with Crippen LogP contribution in [0, 0.1) is 5.41 Å². The van der Waals surface area contributed by atoms with Crippen molar-refractivity contribution in [3.63, 3.8) is 0 Å². The van der Waals surface area contributed by atoms with Gasteiger partial charge in [-0.15, -0.1) is 5.10 Å². The number of rotatable bonds is 2. The average molecular weight is 245 g/mol. The molecule has 0 spiro atoms. The van der Waals surface area contributed by atoms with Crippen molar-refractivity contribution in [3.8, 4) is 5.69 Å². The van der Waals surface area contributed by atoms with Crippen LogP contribution in [0.2, 0.25) is 0 Å². The third-order valence-electron chi connectivity index (χ3n) is 3.51. The van der Waals surface area contributed by atoms with Gasteiger partial charge in [-0.25, -0.2) is 4.68 Å². The van der Waals surface area contributed by atoms with Gasteiger partial charge in [-0.05, 0) is 24.5 Å². The molecular formula is C14H19N3O. The van der Waals surface area contributed by atoms with E-state index >= 15 is 0 Å². The Hall–Kier alpha value is -1.68. The topological polar surface area (TPSA) is 50.9 Å². The molecule has 0 aliphatic carbocycles. The standard InChI is InChI=1S/C14H19N3O/c1-13(2,3)14(4,18)12-10-15-16-17(12)11-8-6-5-7-9-11/h5-10,18H,1-4H3. The largest absolute Gasteiger partial charge is 0.383 e. The molecule has 0 amide bonds. The molecule has 0 bridgehead atoms. The van der Waals surface area contributed by atoms with Crippen molar-refractivity contribution in [1.82, 2.24) is 15.0 Å². The number of hydrogen-bond acceptors (Lipinski definition) is 3. The van der Waals surface area contributed by atoms with Crippen molar-refractivity contribution < 1.29 is 5.11 Å². The van der Waals surface area contributed by atoms with E-state index in [0.29, 0.717) is 5.69 Å². The van der Waals surface area contributed by atoms with Crippen molar-refractivity contribution >= 4 is 0 Å². The van der Waals surface area contributed by atoms with Crippen LogP contribution in [0.4, 0.5) is 0 Å². The van der Waals surface area contributed by atoms with E-state index in [-0.39, 0.29) is 5.41 Å². The fourth-order valence-corrected chi connectivity index (χ4v) is 1.71. The summed E-state index contributed by atoms with van der Waals surface area (Å²) in [5.74, 6) is 0. The second-order valence-electron chi connectivity index (χ2n) is 5.69. The van der Waals surface area contributed by atoms with Gasteiger partial charge in [0.25, 0.3) is 0 Å². The van der Waals surface area contributed by atoms with Gasteiger partial charge in [-0.1, -0.05) is 44.2 Å². The summed E-state index contributed by atoms with van der Waals surface area (Å²) in [6.07, 6.45) is 1.62. The molecule has 4 nitrogen and oxygen atoms in total. The molecule has 2 rings (SSSR count). The highest BCUT2D eigenvalue weighted by Crippen LogP contribution is 2.38. The van der Waals surface area contributed by atoms with Gasteiger partial charge >= 0.3 is 0 Å². The van der Waals surface area contributed by atoms with E-state index in [1.165, 1.54) is 0 Å². The van der Waals surface area contributed by atoms with E-state index in [4.69, 9.17) is 0 Å². The van der Waals surface area contributed by atoms with Crippen LogP contribution in [0.15, 0.2) is 36.5 Å². The number of aliphatic hydroxyl groups is 1. The Balaban J connectivity index is 2.53. The molecule has 1 N–H and O–H groups in total. The molecule has 96 valence electrons. The number of aromatic nitrogens is 3. The highest BCUT2D eigenvalue weighted by molar-refractivity contribution is 5.33. The quantitative estimate of drug-likeness (QED) is 0.884. The van der Waals surface area contributed by atoms with Crippen molar-refractivity contribution in [2.45, 2.75) is 33.3 Å². The molecule has 1 aromatic carbocycles. The second-order valence-corrected chi connectivity index (χ2v) is 5.69. The zero-order valence-corrected chi connectivity index (χ0v) is 11.3. The van der Waals surface area contributed by atoms with Gasteiger partial charge in [-0.3, -0.25) is 0 Å². The Kier molecular flexibility index (Phi) is 2.99. The first kappa shape index (κ1) is 12.8. The molecule has 0 radical (unpaired) electrons. The molecule has 1 aromatic heterocycles. The minimum absolute atomic E-state index is 0.304. The predicted molar refractivity (Wildman–Crippen MR) is 70.4 cm³/mol. The fraction of sp³-hybridized carbons (Fsp3) is 0.429. The Bertz CT molecular complexity index is 523. The molecular weight excluding hydrogens is 226 g/mol. The molecule has 18 heavy (non-hydrogen) atoms. The van der Waals surface area contributed by atoms with Gasteiger partial charge in [0.15, 0.2) is 0 Å². The van der Waals surface area contributed by atoms with Crippen LogP contribution in [0.3, 0.4) is 0 Å². The van der Waals surface area contributed by atoms with E-state index in [9.17, 15) is 5.11 Å². The molecule has 0 saturated carbocycles. The summed E-state index contributed by atoms with van der Waals surface area (Å²) in [4.78, 5) is 0. The summed E-state index contributed by atoms with van der Waals surface area (Å²) < 4.78 is 1.69. The van der Waals surface area contributed by atoms with Crippen molar-refractivity contribution in [1.29, 1.82) is 0 Å². The number of hydrogen-bond donors (Lipinski definition) is 1. The first-order valence-corrected chi connectivity index (χ1v) is 6.03. The Morgan fingerprint density at radius 1 is 1.06 bits per heavy atom. The van der Waals surface area contributed by atoms with Crippen LogP contribution in [0.25, 0.3) is 5.69 Å². The van der Waals surface area contributed by atoms with E-state index in [2.05, 4.69) is 10.3 Å². The van der Waals surface area contributed by atoms with Gasteiger partial charge in [0.05, 0.1) is 17.6 Å². The molecule has 2 aromatic rings. The summed E-state index contributed by atoms with van der Waals surface area (Å²) in [5.41, 5.74) is 0.281. The number of nitrogens with zero attached hydrogens (tertiary/aromatic N) is 3. The van der Waals surface area contributed by atoms with Crippen molar-refractivity contribution in [2.24, 2.45) is 5.41 Å². The van der Waals surface area contributed by atoms with Crippen LogP contribution in [-0.2, 0) is 5.60 Å². The second kappa shape index (κ2) is 4.21. The van der Waals surface area contributed by atoms with Crippen LogP contribution < -0.4 is 0 Å². The molecule has 4 heteroatoms. The minimum atomic E-state index is -1.01. The Labute approximate surface area is 107 Å². The van der Waals surface area contributed by atoms with Gasteiger partial charge < -0.3 is 5.11 Å². The smallest absolute Gasteiger partial charge is 0.110 e. The summed E-state index contributed by atoms with van der Waals surface area (Å²) in [6, 6.07) is 9.70. The number of benzene rings is 1. The van der Waals surface area contributed by atoms with Crippen LogP contribution in [-0.4, -0.2) is 20.1 Å². The highest BCUT2D eigenvalue weighted by Gasteiger charge is 2.40. The maximum atomic E-state index is 10.8. The van der Waals surface area contributed by atoms with Gasteiger partial charge in [0.1, 0.15) is 5.60 Å². The summed E-state index contributed by atoms with van der Waals surface area (Å²) in [7, 11) is 0. The van der Waals surface area contributed by atoms with Gasteiger partial charge in [0, 0.05) is 0 Å². The molecule has 1 unspecified atom stereocenters. The minimum Gasteiger partial charge on any atom is -0.383 e. The lowest BCUT2D eigenvalue weighted by molar-refractivity contribution is -0.0525. The summed E-state index contributed by atoms with van der Waals surface area (Å²) in [6.45, 7) is 7.78. The van der Waals surface area contributed by atoms with E-state index in [1.807, 2.05) is 51.1 Å².